The summed E-state index contributed by atoms with van der Waals surface area (Å²) in [6, 6.07) is 9.08. The van der Waals surface area contributed by atoms with Gasteiger partial charge in [0.15, 0.2) is 0 Å². The molecule has 12 heteroatoms. The molecular formula is C26H46O12. The third-order valence-corrected chi connectivity index (χ3v) is 4.49. The Balaban J connectivity index is 1.66. The molecule has 0 aliphatic carbocycles. The van der Waals surface area contributed by atoms with Crippen molar-refractivity contribution in [3.8, 4) is 5.75 Å². The number of hydrogen-bond acceptors (Lipinski definition) is 12. The fourth-order valence-electron chi connectivity index (χ4n) is 2.70. The second kappa shape index (κ2) is 28.6. The third kappa shape index (κ3) is 24.9. The highest BCUT2D eigenvalue weighted by molar-refractivity contribution is 5.20. The van der Waals surface area contributed by atoms with Crippen molar-refractivity contribution in [3.05, 3.63) is 30.3 Å². The highest BCUT2D eigenvalue weighted by atomic mass is 16.6. The molecule has 0 heterocycles. The van der Waals surface area contributed by atoms with Crippen LogP contribution in [0, 0.1) is 0 Å². The molecule has 222 valence electrons. The Morgan fingerprint density at radius 2 is 0.763 bits per heavy atom. The first kappa shape index (κ1) is 34.6. The van der Waals surface area contributed by atoms with Crippen molar-refractivity contribution in [1.82, 2.24) is 0 Å². The summed E-state index contributed by atoms with van der Waals surface area (Å²) in [4.78, 5) is 0. The number of aliphatic hydroxyl groups is 2. The minimum absolute atomic E-state index is 0.0233. The van der Waals surface area contributed by atoms with Gasteiger partial charge in [0.1, 0.15) is 12.4 Å². The van der Waals surface area contributed by atoms with Gasteiger partial charge >= 0.3 is 0 Å². The van der Waals surface area contributed by atoms with Gasteiger partial charge in [0.25, 0.3) is 0 Å². The van der Waals surface area contributed by atoms with Crippen LogP contribution in [-0.2, 0) is 42.6 Å². The molecule has 1 unspecified atom stereocenters. The Morgan fingerprint density at radius 3 is 1.11 bits per heavy atom. The van der Waals surface area contributed by atoms with Crippen LogP contribution in [-0.4, -0.2) is 142 Å². The lowest BCUT2D eigenvalue weighted by atomic mass is 10.3. The Hall–Kier alpha value is -1.42. The summed E-state index contributed by atoms with van der Waals surface area (Å²) < 4.78 is 53.5. The summed E-state index contributed by atoms with van der Waals surface area (Å²) in [5.74, 6) is 0.592. The first-order chi connectivity index (χ1) is 18.8. The molecule has 0 radical (unpaired) electrons. The predicted molar refractivity (Wildman–Crippen MR) is 138 cm³/mol. The average molecular weight is 551 g/mol. The quantitative estimate of drug-likeness (QED) is 0.102. The van der Waals surface area contributed by atoms with Gasteiger partial charge in [0, 0.05) is 0 Å². The van der Waals surface area contributed by atoms with Crippen molar-refractivity contribution < 1.29 is 57.6 Å². The third-order valence-electron chi connectivity index (χ3n) is 4.49. The van der Waals surface area contributed by atoms with E-state index in [4.69, 9.17) is 52.5 Å². The first-order valence-corrected chi connectivity index (χ1v) is 13.0. The van der Waals surface area contributed by atoms with Crippen LogP contribution >= 0.6 is 0 Å². The molecule has 1 aromatic rings. The minimum atomic E-state index is -1.02. The van der Waals surface area contributed by atoms with Gasteiger partial charge in [-0.25, -0.2) is 0 Å². The van der Waals surface area contributed by atoms with Crippen LogP contribution in [0.4, 0.5) is 0 Å². The van der Waals surface area contributed by atoms with E-state index in [1.165, 1.54) is 0 Å². The Labute approximate surface area is 225 Å². The van der Waals surface area contributed by atoms with E-state index in [0.717, 1.165) is 0 Å². The van der Waals surface area contributed by atoms with Crippen molar-refractivity contribution in [2.75, 3.05) is 126 Å². The largest absolute Gasteiger partial charge is 0.463 e. The molecule has 0 aliphatic heterocycles. The number of aliphatic hydroxyl groups excluding tert-OH is 2. The van der Waals surface area contributed by atoms with Crippen LogP contribution in [0.15, 0.2) is 30.3 Å². The smallest absolute Gasteiger partial charge is 0.221 e. The molecule has 38 heavy (non-hydrogen) atoms. The van der Waals surface area contributed by atoms with Gasteiger partial charge in [-0.15, -0.1) is 0 Å². The summed E-state index contributed by atoms with van der Waals surface area (Å²) in [5, 5.41) is 18.3. The van der Waals surface area contributed by atoms with Gasteiger partial charge in [-0.3, -0.25) is 0 Å². The first-order valence-electron chi connectivity index (χ1n) is 13.0. The average Bonchev–Trinajstić information content (AvgIpc) is 2.93. The molecule has 0 saturated carbocycles. The zero-order chi connectivity index (χ0) is 27.2. The molecule has 0 spiro atoms. The van der Waals surface area contributed by atoms with Crippen molar-refractivity contribution in [2.45, 2.75) is 6.29 Å². The molecule has 1 atom stereocenters. The summed E-state index contributed by atoms with van der Waals surface area (Å²) in [6.45, 7) is 8.01. The molecule has 1 rings (SSSR count). The number of ether oxygens (including phenoxy) is 10. The van der Waals surface area contributed by atoms with Crippen LogP contribution in [0.1, 0.15) is 0 Å². The fraction of sp³-hybridized carbons (Fsp3) is 0.769. The van der Waals surface area contributed by atoms with Gasteiger partial charge in [-0.2, -0.15) is 0 Å². The van der Waals surface area contributed by atoms with Gasteiger partial charge in [0.05, 0.1) is 119 Å². The van der Waals surface area contributed by atoms with E-state index in [9.17, 15) is 5.11 Å². The van der Waals surface area contributed by atoms with Crippen LogP contribution in [0.3, 0.4) is 0 Å². The lowest BCUT2D eigenvalue weighted by molar-refractivity contribution is -0.0860. The van der Waals surface area contributed by atoms with Crippen molar-refractivity contribution >= 4 is 0 Å². The van der Waals surface area contributed by atoms with Crippen LogP contribution in [0.2, 0.25) is 0 Å². The summed E-state index contributed by atoms with van der Waals surface area (Å²) in [7, 11) is 0. The molecule has 0 saturated heterocycles. The normalized spacial score (nSPS) is 12.2. The van der Waals surface area contributed by atoms with Crippen LogP contribution in [0.5, 0.6) is 5.75 Å². The zero-order valence-corrected chi connectivity index (χ0v) is 22.4. The maximum atomic E-state index is 9.75. The molecule has 0 aliphatic rings. The highest BCUT2D eigenvalue weighted by Gasteiger charge is 2.05. The highest BCUT2D eigenvalue weighted by Crippen LogP contribution is 2.09. The molecule has 0 bridgehead atoms. The zero-order valence-electron chi connectivity index (χ0n) is 22.4. The van der Waals surface area contributed by atoms with E-state index in [0.29, 0.717) is 118 Å². The predicted octanol–water partition coefficient (Wildman–Crippen LogP) is 0.526. The minimum Gasteiger partial charge on any atom is -0.463 e. The van der Waals surface area contributed by atoms with E-state index >= 15 is 0 Å². The maximum absolute atomic E-state index is 9.75. The lowest BCUT2D eigenvalue weighted by Gasteiger charge is -2.13. The summed E-state index contributed by atoms with van der Waals surface area (Å²) in [5.41, 5.74) is 0. The number of para-hydroxylation sites is 1. The van der Waals surface area contributed by atoms with Crippen molar-refractivity contribution in [2.24, 2.45) is 0 Å². The Kier molecular flexibility index (Phi) is 26.0. The van der Waals surface area contributed by atoms with Gasteiger partial charge in [0.2, 0.25) is 6.29 Å². The molecule has 2 N–H and O–H groups in total. The fourth-order valence-corrected chi connectivity index (χ4v) is 2.70. The van der Waals surface area contributed by atoms with Gasteiger partial charge < -0.3 is 57.6 Å². The molecule has 0 aromatic heterocycles. The SMILES string of the molecule is OCCOCCOCCOCCOCCOCCOCCOCCOCCOCC(O)Oc1ccccc1. The molecule has 0 amide bonds. The number of hydrogen-bond donors (Lipinski definition) is 2. The second-order valence-electron chi connectivity index (χ2n) is 7.58. The van der Waals surface area contributed by atoms with Gasteiger partial charge in [-0.05, 0) is 12.1 Å². The Morgan fingerprint density at radius 1 is 0.447 bits per heavy atom. The Bertz CT molecular complexity index is 581. The van der Waals surface area contributed by atoms with E-state index < -0.39 is 6.29 Å². The van der Waals surface area contributed by atoms with E-state index in [-0.39, 0.29) is 13.2 Å². The summed E-state index contributed by atoms with van der Waals surface area (Å²) >= 11 is 0. The standard InChI is InChI=1S/C26H46O12/c27-6-7-29-8-9-30-10-11-31-12-13-32-14-15-33-16-17-34-18-19-35-20-21-36-22-23-37-24-26(28)38-25-4-2-1-3-5-25/h1-5,26-28H,6-24H2. The lowest BCUT2D eigenvalue weighted by Crippen LogP contribution is -2.23. The van der Waals surface area contributed by atoms with E-state index in [1.54, 1.807) is 12.1 Å². The van der Waals surface area contributed by atoms with Crippen molar-refractivity contribution in [3.63, 3.8) is 0 Å². The second-order valence-corrected chi connectivity index (χ2v) is 7.58. The molecule has 1 aromatic carbocycles. The maximum Gasteiger partial charge on any atom is 0.221 e. The summed E-state index contributed by atoms with van der Waals surface area (Å²) in [6.07, 6.45) is -1.02. The van der Waals surface area contributed by atoms with E-state index in [2.05, 4.69) is 0 Å². The number of benzene rings is 1. The van der Waals surface area contributed by atoms with E-state index in [1.807, 2.05) is 18.2 Å². The molecular weight excluding hydrogens is 504 g/mol. The molecule has 0 fully saturated rings. The topological polar surface area (TPSA) is 133 Å². The van der Waals surface area contributed by atoms with Crippen LogP contribution in [0.25, 0.3) is 0 Å². The molecule has 12 nitrogen and oxygen atoms in total. The monoisotopic (exact) mass is 550 g/mol. The van der Waals surface area contributed by atoms with Crippen molar-refractivity contribution in [1.29, 1.82) is 0 Å². The van der Waals surface area contributed by atoms with Crippen LogP contribution < -0.4 is 4.74 Å². The van der Waals surface area contributed by atoms with Gasteiger partial charge in [-0.1, -0.05) is 18.2 Å². The number of rotatable bonds is 30.